The monoisotopic (exact) mass is 235 g/mol. The Morgan fingerprint density at radius 3 is 2.88 bits per heavy atom. The third-order valence-corrected chi connectivity index (χ3v) is 2.66. The van der Waals surface area contributed by atoms with Crippen molar-refractivity contribution in [2.75, 3.05) is 25.0 Å². The van der Waals surface area contributed by atoms with E-state index >= 15 is 0 Å². The molecule has 0 aliphatic rings. The molecular weight excluding hydrogens is 218 g/mol. The van der Waals surface area contributed by atoms with Gasteiger partial charge in [0.05, 0.1) is 0 Å². The maximum absolute atomic E-state index is 5.72. The molecule has 17 heavy (non-hydrogen) atoms. The highest BCUT2D eigenvalue weighted by molar-refractivity contribution is 5.43. The molecule has 2 aromatic heterocycles. The summed E-state index contributed by atoms with van der Waals surface area (Å²) in [4.78, 5) is 2.05. The standard InChI is InChI=1S/C10H17N7/c1-10(2,6-11)7-16(3)9-5-4-8-12-14-15-17(8)13-9/h4-5H,6-7,11H2,1-3H3. The van der Waals surface area contributed by atoms with Gasteiger partial charge in [-0.2, -0.15) is 0 Å². The van der Waals surface area contributed by atoms with Gasteiger partial charge in [-0.3, -0.25) is 0 Å². The number of aromatic nitrogens is 5. The second kappa shape index (κ2) is 4.25. The van der Waals surface area contributed by atoms with Crippen LogP contribution in [0.15, 0.2) is 12.1 Å². The Bertz CT molecular complexity index is 504. The first-order valence-corrected chi connectivity index (χ1v) is 5.48. The lowest BCUT2D eigenvalue weighted by atomic mass is 9.93. The average Bonchev–Trinajstić information content (AvgIpc) is 2.75. The largest absolute Gasteiger partial charge is 0.358 e. The summed E-state index contributed by atoms with van der Waals surface area (Å²) in [5.74, 6) is 0.825. The zero-order valence-electron chi connectivity index (χ0n) is 10.3. The zero-order chi connectivity index (χ0) is 12.5. The molecule has 0 aromatic carbocycles. The van der Waals surface area contributed by atoms with E-state index in [2.05, 4.69) is 34.5 Å². The fraction of sp³-hybridized carbons (Fsp3) is 0.600. The highest BCUT2D eigenvalue weighted by Crippen LogP contribution is 2.18. The Labute approximate surface area is 99.6 Å². The Balaban J connectivity index is 2.21. The second-order valence-electron chi connectivity index (χ2n) is 4.94. The minimum Gasteiger partial charge on any atom is -0.358 e. The minimum absolute atomic E-state index is 0.0476. The van der Waals surface area contributed by atoms with Crippen molar-refractivity contribution in [3.8, 4) is 0 Å². The van der Waals surface area contributed by atoms with Gasteiger partial charge in [0, 0.05) is 13.6 Å². The van der Waals surface area contributed by atoms with Gasteiger partial charge in [-0.15, -0.1) is 14.8 Å². The first kappa shape index (κ1) is 11.7. The van der Waals surface area contributed by atoms with Crippen LogP contribution in [-0.4, -0.2) is 45.4 Å². The molecule has 0 saturated carbocycles. The van der Waals surface area contributed by atoms with Gasteiger partial charge in [-0.05, 0) is 34.5 Å². The summed E-state index contributed by atoms with van der Waals surface area (Å²) in [6.45, 7) is 5.70. The lowest BCUT2D eigenvalue weighted by Crippen LogP contribution is -2.37. The van der Waals surface area contributed by atoms with Gasteiger partial charge < -0.3 is 10.6 Å². The summed E-state index contributed by atoms with van der Waals surface area (Å²) in [6, 6.07) is 3.74. The van der Waals surface area contributed by atoms with Crippen LogP contribution in [0.1, 0.15) is 13.8 Å². The molecule has 0 fully saturated rings. The first-order chi connectivity index (χ1) is 8.02. The van der Waals surface area contributed by atoms with Gasteiger partial charge in [0.2, 0.25) is 0 Å². The van der Waals surface area contributed by atoms with E-state index in [1.165, 1.54) is 4.63 Å². The van der Waals surface area contributed by atoms with Gasteiger partial charge in [-0.25, -0.2) is 0 Å². The third-order valence-electron chi connectivity index (χ3n) is 2.66. The van der Waals surface area contributed by atoms with E-state index in [0.717, 1.165) is 12.4 Å². The van der Waals surface area contributed by atoms with E-state index < -0.39 is 0 Å². The smallest absolute Gasteiger partial charge is 0.200 e. The molecule has 0 spiro atoms. The molecule has 7 nitrogen and oxygen atoms in total. The van der Waals surface area contributed by atoms with E-state index in [1.807, 2.05) is 24.1 Å². The molecular formula is C10H17N7. The second-order valence-corrected chi connectivity index (χ2v) is 4.94. The Morgan fingerprint density at radius 2 is 2.18 bits per heavy atom. The van der Waals surface area contributed by atoms with Crippen LogP contribution in [0, 0.1) is 5.41 Å². The normalized spacial score (nSPS) is 12.0. The fourth-order valence-corrected chi connectivity index (χ4v) is 1.63. The molecule has 2 aromatic rings. The summed E-state index contributed by atoms with van der Waals surface area (Å²) in [7, 11) is 1.98. The number of nitrogens with zero attached hydrogens (tertiary/aromatic N) is 6. The van der Waals surface area contributed by atoms with Crippen molar-refractivity contribution in [1.82, 2.24) is 25.3 Å². The number of fused-ring (bicyclic) bond motifs is 1. The van der Waals surface area contributed by atoms with Crippen LogP contribution in [0.4, 0.5) is 5.82 Å². The minimum atomic E-state index is 0.0476. The molecule has 2 heterocycles. The lowest BCUT2D eigenvalue weighted by molar-refractivity contribution is 0.383. The van der Waals surface area contributed by atoms with Crippen molar-refractivity contribution in [2.24, 2.45) is 11.1 Å². The maximum atomic E-state index is 5.72. The first-order valence-electron chi connectivity index (χ1n) is 5.48. The molecule has 2 rings (SSSR count). The quantitative estimate of drug-likeness (QED) is 0.799. The molecule has 0 atom stereocenters. The Morgan fingerprint density at radius 1 is 1.41 bits per heavy atom. The average molecular weight is 235 g/mol. The van der Waals surface area contributed by atoms with Gasteiger partial charge in [0.1, 0.15) is 0 Å². The SMILES string of the molecule is CN(CC(C)(C)CN)c1ccc2nnnn2n1. The van der Waals surface area contributed by atoms with Crippen molar-refractivity contribution >= 4 is 11.5 Å². The molecule has 0 bridgehead atoms. The summed E-state index contributed by atoms with van der Waals surface area (Å²) in [5, 5.41) is 15.5. The summed E-state index contributed by atoms with van der Waals surface area (Å²) in [5.41, 5.74) is 6.41. The maximum Gasteiger partial charge on any atom is 0.200 e. The Kier molecular flexibility index (Phi) is 2.93. The van der Waals surface area contributed by atoms with Crippen molar-refractivity contribution in [1.29, 1.82) is 0 Å². The molecule has 0 radical (unpaired) electrons. The van der Waals surface area contributed by atoms with Crippen molar-refractivity contribution in [2.45, 2.75) is 13.8 Å². The van der Waals surface area contributed by atoms with Crippen LogP contribution in [-0.2, 0) is 0 Å². The molecule has 0 saturated heterocycles. The molecule has 0 amide bonds. The van der Waals surface area contributed by atoms with Gasteiger partial charge >= 0.3 is 0 Å². The summed E-state index contributed by atoms with van der Waals surface area (Å²) in [6.07, 6.45) is 0. The van der Waals surface area contributed by atoms with Crippen molar-refractivity contribution < 1.29 is 0 Å². The zero-order valence-corrected chi connectivity index (χ0v) is 10.3. The molecule has 7 heteroatoms. The third kappa shape index (κ3) is 2.50. The number of hydrogen-bond donors (Lipinski definition) is 1. The molecule has 2 N–H and O–H groups in total. The van der Waals surface area contributed by atoms with Crippen LogP contribution in [0.25, 0.3) is 5.65 Å². The number of rotatable bonds is 4. The van der Waals surface area contributed by atoms with Gasteiger partial charge in [-0.1, -0.05) is 13.8 Å². The lowest BCUT2D eigenvalue weighted by Gasteiger charge is -2.29. The molecule has 92 valence electrons. The molecule has 0 aliphatic carbocycles. The number of hydrogen-bond acceptors (Lipinski definition) is 6. The van der Waals surface area contributed by atoms with E-state index in [0.29, 0.717) is 12.2 Å². The van der Waals surface area contributed by atoms with Crippen molar-refractivity contribution in [3.05, 3.63) is 12.1 Å². The highest BCUT2D eigenvalue weighted by atomic mass is 15.6. The van der Waals surface area contributed by atoms with E-state index in [-0.39, 0.29) is 5.41 Å². The number of tetrazole rings is 1. The van der Waals surface area contributed by atoms with Crippen LogP contribution in [0.5, 0.6) is 0 Å². The van der Waals surface area contributed by atoms with E-state index in [9.17, 15) is 0 Å². The Hall–Kier alpha value is -1.76. The van der Waals surface area contributed by atoms with E-state index in [1.54, 1.807) is 0 Å². The predicted molar refractivity (Wildman–Crippen MR) is 64.7 cm³/mol. The fourth-order valence-electron chi connectivity index (χ4n) is 1.63. The summed E-state index contributed by atoms with van der Waals surface area (Å²) < 4.78 is 1.42. The highest BCUT2D eigenvalue weighted by Gasteiger charge is 2.19. The predicted octanol–water partition coefficient (Wildman–Crippen LogP) is -0.0596. The molecule has 0 aliphatic heterocycles. The summed E-state index contributed by atoms with van der Waals surface area (Å²) >= 11 is 0. The van der Waals surface area contributed by atoms with E-state index in [4.69, 9.17) is 5.73 Å². The van der Waals surface area contributed by atoms with Crippen LogP contribution < -0.4 is 10.6 Å². The van der Waals surface area contributed by atoms with Gasteiger partial charge in [0.25, 0.3) is 0 Å². The number of anilines is 1. The topological polar surface area (TPSA) is 85.2 Å². The van der Waals surface area contributed by atoms with Crippen LogP contribution in [0.3, 0.4) is 0 Å². The van der Waals surface area contributed by atoms with Crippen molar-refractivity contribution in [3.63, 3.8) is 0 Å². The molecule has 0 unspecified atom stereocenters. The van der Waals surface area contributed by atoms with Gasteiger partial charge in [0.15, 0.2) is 11.5 Å². The van der Waals surface area contributed by atoms with Crippen LogP contribution in [0.2, 0.25) is 0 Å². The number of nitrogens with two attached hydrogens (primary N) is 1. The van der Waals surface area contributed by atoms with Crippen LogP contribution >= 0.6 is 0 Å².